The lowest BCUT2D eigenvalue weighted by atomic mass is 9.59. The van der Waals surface area contributed by atoms with E-state index in [4.69, 9.17) is 4.42 Å². The Morgan fingerprint density at radius 2 is 1.71 bits per heavy atom. The van der Waals surface area contributed by atoms with Gasteiger partial charge in [0.05, 0.1) is 17.5 Å². The molecule has 0 spiro atoms. The predicted octanol–water partition coefficient (Wildman–Crippen LogP) is 5.97. The van der Waals surface area contributed by atoms with Crippen molar-refractivity contribution in [1.82, 2.24) is 4.98 Å². The molecule has 2 heterocycles. The lowest BCUT2D eigenvalue weighted by Crippen LogP contribution is -2.39. The molecule has 1 fully saturated rings. The van der Waals surface area contributed by atoms with Crippen molar-refractivity contribution in [2.45, 2.75) is 25.7 Å². The number of anilines is 1. The molecule has 1 aromatic heterocycles. The average molecular weight is 601 g/mol. The summed E-state index contributed by atoms with van der Waals surface area (Å²) in [5.74, 6) is -5.49. The van der Waals surface area contributed by atoms with E-state index < -0.39 is 41.1 Å². The summed E-state index contributed by atoms with van der Waals surface area (Å²) in [4.78, 5) is 60.5. The van der Waals surface area contributed by atoms with Crippen LogP contribution in [0.2, 0.25) is 0 Å². The Balaban J connectivity index is 1.17. The lowest BCUT2D eigenvalue weighted by Gasteiger charge is -2.42. The summed E-state index contributed by atoms with van der Waals surface area (Å²) in [7, 11) is 0. The molecular formula is C36H25FN2O6. The van der Waals surface area contributed by atoms with Crippen LogP contribution in [0, 0.1) is 23.6 Å². The first-order chi connectivity index (χ1) is 21.7. The fraction of sp³-hybridized carbons (Fsp3) is 0.194. The average Bonchev–Trinajstić information content (AvgIpc) is 3.59. The highest BCUT2D eigenvalue weighted by Gasteiger charge is 2.56. The van der Waals surface area contributed by atoms with Crippen molar-refractivity contribution in [3.63, 3.8) is 0 Å². The molecule has 1 N–H and O–H groups in total. The Morgan fingerprint density at radius 3 is 2.49 bits per heavy atom. The maximum atomic E-state index is 14.6. The molecular weight excluding hydrogens is 575 g/mol. The smallest absolute Gasteiger partial charge is 0.238 e. The molecule has 3 aromatic carbocycles. The Hall–Kier alpha value is -5.44. The highest BCUT2D eigenvalue weighted by atomic mass is 19.1. The summed E-state index contributed by atoms with van der Waals surface area (Å²) >= 11 is 0. The zero-order chi connectivity index (χ0) is 31.1. The van der Waals surface area contributed by atoms with E-state index in [1.807, 2.05) is 30.3 Å². The van der Waals surface area contributed by atoms with E-state index >= 15 is 0 Å². The van der Waals surface area contributed by atoms with Gasteiger partial charge in [0.15, 0.2) is 28.7 Å². The number of para-hydroxylation sites is 3. The number of amides is 2. The van der Waals surface area contributed by atoms with Gasteiger partial charge in [0.1, 0.15) is 5.52 Å². The number of Topliss-reactive ketones (excluding diaryl/α,β-unsaturated/α-hetero) is 1. The van der Waals surface area contributed by atoms with E-state index in [0.717, 1.165) is 6.07 Å². The summed E-state index contributed by atoms with van der Waals surface area (Å²) in [6, 6.07) is 18.3. The normalized spacial score (nSPS) is 24.4. The van der Waals surface area contributed by atoms with Crippen molar-refractivity contribution in [3.8, 4) is 17.2 Å². The Kier molecular flexibility index (Phi) is 5.90. The summed E-state index contributed by atoms with van der Waals surface area (Å²) in [6.07, 6.45) is 3.42. The fourth-order valence-corrected chi connectivity index (χ4v) is 7.51. The quantitative estimate of drug-likeness (QED) is 0.175. The predicted molar refractivity (Wildman–Crippen MR) is 161 cm³/mol. The number of aromatic nitrogens is 1. The number of imide groups is 1. The molecule has 0 unspecified atom stereocenters. The SMILES string of the molecule is CC1=CC(=O)C2=C(C[C@@H]3C(=CC[C@@H]4C(=O)N(c5ccc(-c6nc7ccccc7o6)cc5)C(=O)[C@@H]43)[C@@H]2c2cccc(F)c2O)C1=O. The number of halogens is 1. The van der Waals surface area contributed by atoms with Crippen LogP contribution >= 0.6 is 0 Å². The second kappa shape index (κ2) is 9.79. The molecule has 3 aliphatic carbocycles. The lowest BCUT2D eigenvalue weighted by molar-refractivity contribution is -0.123. The fourth-order valence-electron chi connectivity index (χ4n) is 7.51. The van der Waals surface area contributed by atoms with Gasteiger partial charge in [-0.2, -0.15) is 0 Å². The van der Waals surface area contributed by atoms with Crippen LogP contribution in [-0.2, 0) is 19.2 Å². The van der Waals surface area contributed by atoms with Crippen molar-refractivity contribution in [1.29, 1.82) is 0 Å². The van der Waals surface area contributed by atoms with E-state index in [1.54, 1.807) is 31.2 Å². The maximum Gasteiger partial charge on any atom is 0.238 e. The zero-order valence-electron chi connectivity index (χ0n) is 24.0. The van der Waals surface area contributed by atoms with E-state index in [0.29, 0.717) is 33.8 Å². The number of allylic oxidation sites excluding steroid dienone is 6. The molecule has 0 saturated carbocycles. The Bertz CT molecular complexity index is 2070. The third-order valence-corrected chi connectivity index (χ3v) is 9.56. The third kappa shape index (κ3) is 3.93. The number of hydrogen-bond donors (Lipinski definition) is 1. The van der Waals surface area contributed by atoms with Crippen molar-refractivity contribution >= 4 is 40.2 Å². The van der Waals surface area contributed by atoms with Gasteiger partial charge in [0.25, 0.3) is 0 Å². The number of rotatable bonds is 3. The van der Waals surface area contributed by atoms with Crippen LogP contribution in [0.25, 0.3) is 22.6 Å². The molecule has 4 atom stereocenters. The third-order valence-electron chi connectivity index (χ3n) is 9.56. The first-order valence-electron chi connectivity index (χ1n) is 14.7. The number of fused-ring (bicyclic) bond motifs is 4. The van der Waals surface area contributed by atoms with Crippen molar-refractivity contribution < 1.29 is 33.1 Å². The molecule has 2 amide bonds. The van der Waals surface area contributed by atoms with Gasteiger partial charge in [0.2, 0.25) is 17.7 Å². The van der Waals surface area contributed by atoms with Crippen LogP contribution in [0.5, 0.6) is 5.75 Å². The molecule has 1 saturated heterocycles. The number of carbonyl (C=O) groups excluding carboxylic acids is 4. The number of nitrogens with zero attached hydrogens (tertiary/aromatic N) is 2. The number of benzene rings is 3. The van der Waals surface area contributed by atoms with Crippen molar-refractivity contribution in [2.24, 2.45) is 17.8 Å². The Labute approximate surface area is 256 Å². The minimum absolute atomic E-state index is 0.0915. The standard InChI is InChI=1S/C36H25FN2O6/c1-17-15-27(40)31-24(32(17)41)16-23-20(29(31)21-5-4-6-25(37)33(21)42)13-14-22-30(23)36(44)39(35(22)43)19-11-9-18(10-12-19)34-38-26-7-2-3-8-28(26)45-34/h2-13,15,22-23,29-30,42H,14,16H2,1H3/t22-,23+,29+,30-/m0/s1. The molecule has 4 aliphatic rings. The van der Waals surface area contributed by atoms with Gasteiger partial charge in [-0.1, -0.05) is 35.9 Å². The highest BCUT2D eigenvalue weighted by Crippen LogP contribution is 2.56. The van der Waals surface area contributed by atoms with Gasteiger partial charge >= 0.3 is 0 Å². The minimum Gasteiger partial charge on any atom is -0.505 e. The molecule has 9 heteroatoms. The Morgan fingerprint density at radius 1 is 0.933 bits per heavy atom. The number of phenolic OH excluding ortho intramolecular Hbond substituents is 1. The van der Waals surface area contributed by atoms with Crippen molar-refractivity contribution in [2.75, 3.05) is 4.90 Å². The topological polar surface area (TPSA) is 118 Å². The van der Waals surface area contributed by atoms with Crippen LogP contribution in [0.1, 0.15) is 31.2 Å². The molecule has 0 bridgehead atoms. The van der Waals surface area contributed by atoms with Crippen LogP contribution < -0.4 is 4.90 Å². The molecule has 0 radical (unpaired) electrons. The number of carbonyl (C=O) groups is 4. The van der Waals surface area contributed by atoms with Gasteiger partial charge in [-0.05, 0) is 74.2 Å². The molecule has 8 rings (SSSR count). The molecule has 222 valence electrons. The van der Waals surface area contributed by atoms with Crippen LogP contribution in [0.4, 0.5) is 10.1 Å². The zero-order valence-corrected chi connectivity index (χ0v) is 24.0. The van der Waals surface area contributed by atoms with Gasteiger partial charge in [-0.15, -0.1) is 0 Å². The van der Waals surface area contributed by atoms with E-state index in [-0.39, 0.29) is 52.6 Å². The van der Waals surface area contributed by atoms with Gasteiger partial charge in [-0.3, -0.25) is 24.1 Å². The van der Waals surface area contributed by atoms with Crippen LogP contribution in [0.3, 0.4) is 0 Å². The monoisotopic (exact) mass is 600 g/mol. The summed E-state index contributed by atoms with van der Waals surface area (Å²) in [5.41, 5.74) is 3.95. The number of oxazole rings is 1. The summed E-state index contributed by atoms with van der Waals surface area (Å²) in [6.45, 7) is 1.56. The van der Waals surface area contributed by atoms with E-state index in [2.05, 4.69) is 4.98 Å². The van der Waals surface area contributed by atoms with E-state index in [1.165, 1.54) is 23.1 Å². The summed E-state index contributed by atoms with van der Waals surface area (Å²) < 4.78 is 20.5. The number of aromatic hydroxyl groups is 1. The number of hydrogen-bond acceptors (Lipinski definition) is 7. The first-order valence-corrected chi connectivity index (χ1v) is 14.7. The largest absolute Gasteiger partial charge is 0.505 e. The first kappa shape index (κ1) is 27.1. The van der Waals surface area contributed by atoms with Crippen LogP contribution in [0.15, 0.2) is 106 Å². The highest BCUT2D eigenvalue weighted by molar-refractivity contribution is 6.25. The molecule has 8 nitrogen and oxygen atoms in total. The summed E-state index contributed by atoms with van der Waals surface area (Å²) in [5, 5.41) is 10.8. The van der Waals surface area contributed by atoms with Gasteiger partial charge in [-0.25, -0.2) is 9.37 Å². The second-order valence-electron chi connectivity index (χ2n) is 12.0. The minimum atomic E-state index is -0.927. The molecule has 45 heavy (non-hydrogen) atoms. The second-order valence-corrected chi connectivity index (χ2v) is 12.0. The number of ketones is 2. The van der Waals surface area contributed by atoms with Crippen LogP contribution in [-0.4, -0.2) is 33.5 Å². The van der Waals surface area contributed by atoms with E-state index in [9.17, 15) is 28.7 Å². The van der Waals surface area contributed by atoms with Gasteiger partial charge < -0.3 is 9.52 Å². The van der Waals surface area contributed by atoms with Gasteiger partial charge in [0, 0.05) is 33.8 Å². The molecule has 1 aliphatic heterocycles. The van der Waals surface area contributed by atoms with Crippen molar-refractivity contribution in [3.05, 3.63) is 113 Å². The number of phenols is 1. The molecule has 4 aromatic rings. The maximum absolute atomic E-state index is 14.6.